The number of nitrogens with zero attached hydrogens (tertiary/aromatic N) is 1. The van der Waals surface area contributed by atoms with Gasteiger partial charge in [-0.2, -0.15) is 0 Å². The molecule has 31 heavy (non-hydrogen) atoms. The quantitative estimate of drug-likeness (QED) is 0.469. The van der Waals surface area contributed by atoms with E-state index in [-0.39, 0.29) is 36.7 Å². The summed E-state index contributed by atoms with van der Waals surface area (Å²) in [6.07, 6.45) is 2.48. The van der Waals surface area contributed by atoms with Crippen LogP contribution in [0.1, 0.15) is 29.6 Å². The fourth-order valence-corrected chi connectivity index (χ4v) is 5.13. The Bertz CT molecular complexity index is 869. The Morgan fingerprint density at radius 1 is 1.23 bits per heavy atom. The maximum Gasteiger partial charge on any atom is 0.290 e. The molecular formula is C23H28N2O5S. The highest BCUT2D eigenvalue weighted by Gasteiger charge is 2.48. The van der Waals surface area contributed by atoms with Gasteiger partial charge in [0.25, 0.3) is 12.4 Å². The number of carbonyl (C=O) groups excluding carboxylic acids is 2. The van der Waals surface area contributed by atoms with Gasteiger partial charge >= 0.3 is 0 Å². The summed E-state index contributed by atoms with van der Waals surface area (Å²) in [6, 6.07) is 11.9. The smallest absolute Gasteiger partial charge is 0.290 e. The molecule has 166 valence electrons. The number of thiophene rings is 1. The Morgan fingerprint density at radius 3 is 2.61 bits per heavy atom. The average Bonchev–Trinajstić information content (AvgIpc) is 3.30. The number of piperidine rings is 1. The molecule has 4 rings (SSSR count). The summed E-state index contributed by atoms with van der Waals surface area (Å²) in [5.41, 5.74) is 1.84. The molecule has 8 heteroatoms. The lowest BCUT2D eigenvalue weighted by Gasteiger charge is -2.50. The number of likely N-dealkylation sites (tertiary alicyclic amines) is 1. The van der Waals surface area contributed by atoms with Crippen molar-refractivity contribution in [3.8, 4) is 10.4 Å². The molecule has 2 amide bonds. The molecule has 2 aliphatic rings. The maximum absolute atomic E-state index is 13.0. The van der Waals surface area contributed by atoms with Crippen LogP contribution in [0.3, 0.4) is 0 Å². The van der Waals surface area contributed by atoms with E-state index in [0.29, 0.717) is 31.0 Å². The van der Waals surface area contributed by atoms with Crippen molar-refractivity contribution >= 4 is 29.6 Å². The second-order valence-corrected chi connectivity index (χ2v) is 8.78. The molecule has 0 bridgehead atoms. The lowest BCUT2D eigenvalue weighted by atomic mass is 9.61. The van der Waals surface area contributed by atoms with Gasteiger partial charge in [0.2, 0.25) is 5.91 Å². The first-order chi connectivity index (χ1) is 15.1. The normalized spacial score (nSPS) is 21.7. The van der Waals surface area contributed by atoms with Gasteiger partial charge in [-0.15, -0.1) is 11.3 Å². The molecule has 2 fully saturated rings. The Morgan fingerprint density at radius 2 is 1.97 bits per heavy atom. The Hall–Kier alpha value is -2.71. The van der Waals surface area contributed by atoms with Gasteiger partial charge in [-0.05, 0) is 60.2 Å². The first-order valence-electron chi connectivity index (χ1n) is 10.5. The highest BCUT2D eigenvalue weighted by atomic mass is 32.1. The van der Waals surface area contributed by atoms with Crippen LogP contribution in [0.4, 0.5) is 0 Å². The van der Waals surface area contributed by atoms with Gasteiger partial charge in [0, 0.05) is 42.6 Å². The number of benzene rings is 1. The molecule has 3 atom stereocenters. The van der Waals surface area contributed by atoms with Gasteiger partial charge in [-0.1, -0.05) is 18.2 Å². The third kappa shape index (κ3) is 5.51. The van der Waals surface area contributed by atoms with E-state index in [4.69, 9.17) is 15.0 Å². The molecule has 1 aromatic heterocycles. The van der Waals surface area contributed by atoms with E-state index < -0.39 is 0 Å². The van der Waals surface area contributed by atoms with Crippen LogP contribution in [0, 0.1) is 17.8 Å². The molecule has 3 N–H and O–H groups in total. The zero-order chi connectivity index (χ0) is 22.2. The van der Waals surface area contributed by atoms with Crippen LogP contribution >= 0.6 is 11.3 Å². The molecule has 2 aromatic rings. The lowest BCUT2D eigenvalue weighted by molar-refractivity contribution is -0.136. The van der Waals surface area contributed by atoms with Gasteiger partial charge in [0.15, 0.2) is 0 Å². The number of carboxylic acid groups (broad SMARTS) is 1. The van der Waals surface area contributed by atoms with Crippen LogP contribution < -0.4 is 5.32 Å². The highest BCUT2D eigenvalue weighted by Crippen LogP contribution is 2.45. The van der Waals surface area contributed by atoms with Crippen molar-refractivity contribution in [1.29, 1.82) is 0 Å². The molecule has 0 unspecified atom stereocenters. The summed E-state index contributed by atoms with van der Waals surface area (Å²) >= 11 is 1.69. The zero-order valence-electron chi connectivity index (χ0n) is 17.3. The Kier molecular flexibility index (Phi) is 8.20. The number of carbonyl (C=O) groups is 3. The topological polar surface area (TPSA) is 107 Å². The van der Waals surface area contributed by atoms with Crippen LogP contribution in [-0.4, -0.2) is 59.6 Å². The fourth-order valence-electron chi connectivity index (χ4n) is 4.39. The molecule has 0 radical (unpaired) electrons. The molecule has 1 aliphatic heterocycles. The van der Waals surface area contributed by atoms with Crippen molar-refractivity contribution in [3.63, 3.8) is 0 Å². The minimum absolute atomic E-state index is 0.000461. The lowest BCUT2D eigenvalue weighted by Crippen LogP contribution is -2.56. The summed E-state index contributed by atoms with van der Waals surface area (Å²) < 4.78 is 0. The largest absolute Gasteiger partial charge is 0.483 e. The highest BCUT2D eigenvalue weighted by molar-refractivity contribution is 7.13. The number of amides is 2. The van der Waals surface area contributed by atoms with E-state index in [0.717, 1.165) is 24.9 Å². The van der Waals surface area contributed by atoms with E-state index in [1.165, 1.54) is 4.88 Å². The van der Waals surface area contributed by atoms with Crippen LogP contribution in [0.25, 0.3) is 10.4 Å². The molecule has 1 aliphatic carbocycles. The molecular weight excluding hydrogens is 416 g/mol. The minimum atomic E-state index is -0.250. The zero-order valence-corrected chi connectivity index (χ0v) is 18.1. The van der Waals surface area contributed by atoms with Crippen molar-refractivity contribution in [2.24, 2.45) is 17.8 Å². The predicted octanol–water partition coefficient (Wildman–Crippen LogP) is 2.71. The fraction of sp³-hybridized carbons (Fsp3) is 0.435. The third-order valence-corrected chi connectivity index (χ3v) is 6.99. The number of rotatable bonds is 6. The standard InChI is InChI=1S/C22H26N2O3S.CH2O2/c25-11-2-9-23-21(26)18-13-17-8-10-24(14-19(17)18)22(27)16-6-4-15(5-7-16)20-3-1-12-28-20;2-1-3/h1,3-7,12,17-19,25H,2,8-11,13-14H2,(H,23,26);1H,(H,2,3)/t17-,18-,19-;/m1./s1. The molecule has 1 aromatic carbocycles. The van der Waals surface area contributed by atoms with Crippen LogP contribution in [-0.2, 0) is 9.59 Å². The van der Waals surface area contributed by atoms with Gasteiger partial charge in [-0.3, -0.25) is 14.4 Å². The number of aliphatic hydroxyl groups excluding tert-OH is 1. The second-order valence-electron chi connectivity index (χ2n) is 7.83. The Labute approximate surface area is 185 Å². The predicted molar refractivity (Wildman–Crippen MR) is 119 cm³/mol. The van der Waals surface area contributed by atoms with Crippen LogP contribution in [0.5, 0.6) is 0 Å². The summed E-state index contributed by atoms with van der Waals surface area (Å²) in [7, 11) is 0. The minimum Gasteiger partial charge on any atom is -0.483 e. The first-order valence-corrected chi connectivity index (χ1v) is 11.4. The number of hydrogen-bond acceptors (Lipinski definition) is 5. The van der Waals surface area contributed by atoms with Gasteiger partial charge < -0.3 is 20.4 Å². The van der Waals surface area contributed by atoms with E-state index >= 15 is 0 Å². The SMILES string of the molecule is O=C(NCCCO)[C@@H]1C[C@H]2CCN(C(=O)c3ccc(-c4cccs4)cc3)C[C@H]21.O=CO. The van der Waals surface area contributed by atoms with E-state index in [2.05, 4.69) is 11.4 Å². The Balaban J connectivity index is 0.000000858. The third-order valence-electron chi connectivity index (χ3n) is 6.08. The van der Waals surface area contributed by atoms with Crippen LogP contribution in [0.2, 0.25) is 0 Å². The van der Waals surface area contributed by atoms with Gasteiger partial charge in [-0.25, -0.2) is 0 Å². The van der Waals surface area contributed by atoms with Crippen molar-refractivity contribution in [2.45, 2.75) is 19.3 Å². The number of fused-ring (bicyclic) bond motifs is 1. The van der Waals surface area contributed by atoms with Crippen LogP contribution in [0.15, 0.2) is 41.8 Å². The maximum atomic E-state index is 13.0. The monoisotopic (exact) mass is 444 g/mol. The summed E-state index contributed by atoms with van der Waals surface area (Å²) in [4.78, 5) is 36.8. The number of aliphatic hydroxyl groups is 1. The number of hydrogen-bond donors (Lipinski definition) is 3. The van der Waals surface area contributed by atoms with Crippen molar-refractivity contribution in [3.05, 3.63) is 47.3 Å². The summed E-state index contributed by atoms with van der Waals surface area (Å²) in [6.45, 7) is 1.78. The molecule has 7 nitrogen and oxygen atoms in total. The van der Waals surface area contributed by atoms with Gasteiger partial charge in [0.1, 0.15) is 0 Å². The summed E-state index contributed by atoms with van der Waals surface area (Å²) in [5.74, 6) is 0.948. The molecule has 2 heterocycles. The van der Waals surface area contributed by atoms with Crippen molar-refractivity contribution in [2.75, 3.05) is 26.2 Å². The summed E-state index contributed by atoms with van der Waals surface area (Å²) in [5, 5.41) is 20.7. The second kappa shape index (κ2) is 11.1. The van der Waals surface area contributed by atoms with Crippen molar-refractivity contribution in [1.82, 2.24) is 10.2 Å². The van der Waals surface area contributed by atoms with E-state index in [9.17, 15) is 9.59 Å². The number of nitrogens with one attached hydrogen (secondary N) is 1. The first kappa shape index (κ1) is 23.0. The molecule has 0 spiro atoms. The van der Waals surface area contributed by atoms with E-state index in [1.807, 2.05) is 40.6 Å². The molecule has 1 saturated heterocycles. The average molecular weight is 445 g/mol. The van der Waals surface area contributed by atoms with Crippen molar-refractivity contribution < 1.29 is 24.6 Å². The van der Waals surface area contributed by atoms with E-state index in [1.54, 1.807) is 11.3 Å². The molecule has 1 saturated carbocycles. The van der Waals surface area contributed by atoms with Gasteiger partial charge in [0.05, 0.1) is 0 Å².